The first-order valence-electron chi connectivity index (χ1n) is 15.8. The SMILES string of the molecule is CC(=O)N[C@@H]1CCC[C@H]1C(C)(c1ccccc1)C1CCN(CC2CN(c3ccc(S(=O)(=O)c4ccncc4)cc3)C2)CC1. The molecule has 6 rings (SSSR count). The van der Waals surface area contributed by atoms with Gasteiger partial charge in [0.2, 0.25) is 15.7 Å². The molecule has 1 unspecified atom stereocenters. The van der Waals surface area contributed by atoms with Crippen molar-refractivity contribution in [2.24, 2.45) is 17.8 Å². The fraction of sp³-hybridized carbons (Fsp3) is 0.486. The van der Waals surface area contributed by atoms with Gasteiger partial charge in [0.1, 0.15) is 0 Å². The van der Waals surface area contributed by atoms with E-state index in [2.05, 4.69) is 57.4 Å². The monoisotopic (exact) mass is 600 g/mol. The maximum atomic E-state index is 12.9. The number of pyridine rings is 1. The lowest BCUT2D eigenvalue weighted by Crippen LogP contribution is -2.54. The van der Waals surface area contributed by atoms with Gasteiger partial charge in [-0.2, -0.15) is 0 Å². The molecule has 1 saturated carbocycles. The van der Waals surface area contributed by atoms with Gasteiger partial charge in [-0.1, -0.05) is 43.7 Å². The van der Waals surface area contributed by atoms with Crippen molar-refractivity contribution in [3.05, 3.63) is 84.7 Å². The third kappa shape index (κ3) is 6.09. The zero-order valence-electron chi connectivity index (χ0n) is 25.4. The normalized spacial score (nSPS) is 23.4. The number of hydrogen-bond acceptors (Lipinski definition) is 6. The maximum absolute atomic E-state index is 12.9. The van der Waals surface area contributed by atoms with E-state index in [0.29, 0.717) is 22.6 Å². The van der Waals surface area contributed by atoms with Crippen LogP contribution in [-0.4, -0.2) is 63.0 Å². The van der Waals surface area contributed by atoms with Crippen molar-refractivity contribution in [1.82, 2.24) is 15.2 Å². The van der Waals surface area contributed by atoms with Crippen LogP contribution in [0.5, 0.6) is 0 Å². The molecule has 0 bridgehead atoms. The lowest BCUT2D eigenvalue weighted by Gasteiger charge is -2.50. The molecule has 228 valence electrons. The highest BCUT2D eigenvalue weighted by Gasteiger charge is 2.48. The average molecular weight is 601 g/mol. The lowest BCUT2D eigenvalue weighted by molar-refractivity contribution is -0.120. The first-order valence-corrected chi connectivity index (χ1v) is 17.3. The van der Waals surface area contributed by atoms with E-state index in [1.807, 2.05) is 12.1 Å². The quantitative estimate of drug-likeness (QED) is 0.358. The summed E-state index contributed by atoms with van der Waals surface area (Å²) in [6.45, 7) is 9.46. The van der Waals surface area contributed by atoms with Gasteiger partial charge < -0.3 is 15.1 Å². The summed E-state index contributed by atoms with van der Waals surface area (Å²) in [7, 11) is -3.53. The van der Waals surface area contributed by atoms with E-state index < -0.39 is 9.84 Å². The van der Waals surface area contributed by atoms with E-state index in [4.69, 9.17) is 0 Å². The minimum absolute atomic E-state index is 0.0429. The summed E-state index contributed by atoms with van der Waals surface area (Å²) < 4.78 is 25.8. The number of aromatic nitrogens is 1. The molecule has 8 heteroatoms. The van der Waals surface area contributed by atoms with Crippen molar-refractivity contribution in [2.75, 3.05) is 37.6 Å². The highest BCUT2D eigenvalue weighted by molar-refractivity contribution is 7.91. The molecule has 1 amide bonds. The summed E-state index contributed by atoms with van der Waals surface area (Å²) in [6, 6.07) is 21.7. The molecule has 43 heavy (non-hydrogen) atoms. The van der Waals surface area contributed by atoms with Crippen LogP contribution in [0.3, 0.4) is 0 Å². The Morgan fingerprint density at radius 2 is 1.56 bits per heavy atom. The average Bonchev–Trinajstić information content (AvgIpc) is 3.47. The van der Waals surface area contributed by atoms with E-state index in [0.717, 1.165) is 44.8 Å². The predicted octanol–water partition coefficient (Wildman–Crippen LogP) is 5.33. The van der Waals surface area contributed by atoms with Crippen molar-refractivity contribution in [3.8, 4) is 0 Å². The van der Waals surface area contributed by atoms with Crippen LogP contribution in [0.25, 0.3) is 0 Å². The fourth-order valence-electron chi connectivity index (χ4n) is 8.13. The largest absolute Gasteiger partial charge is 0.371 e. The number of sulfone groups is 1. The maximum Gasteiger partial charge on any atom is 0.217 e. The van der Waals surface area contributed by atoms with E-state index in [1.54, 1.807) is 19.1 Å². The first-order chi connectivity index (χ1) is 20.7. The molecule has 3 atom stereocenters. The number of carbonyl (C=O) groups is 1. The summed E-state index contributed by atoms with van der Waals surface area (Å²) in [6.07, 6.45) is 8.80. The van der Waals surface area contributed by atoms with Crippen molar-refractivity contribution >= 4 is 21.4 Å². The summed E-state index contributed by atoms with van der Waals surface area (Å²) in [5.41, 5.74) is 2.54. The van der Waals surface area contributed by atoms with Crippen molar-refractivity contribution in [1.29, 1.82) is 0 Å². The number of benzene rings is 2. The summed E-state index contributed by atoms with van der Waals surface area (Å²) in [4.78, 5) is 21.5. The minimum atomic E-state index is -3.53. The topological polar surface area (TPSA) is 82.6 Å². The number of piperidine rings is 1. The van der Waals surface area contributed by atoms with Crippen molar-refractivity contribution < 1.29 is 13.2 Å². The van der Waals surface area contributed by atoms with Crippen LogP contribution in [0, 0.1) is 17.8 Å². The Hall–Kier alpha value is -3.23. The van der Waals surface area contributed by atoms with E-state index in [1.165, 1.54) is 55.8 Å². The molecule has 7 nitrogen and oxygen atoms in total. The summed E-state index contributed by atoms with van der Waals surface area (Å²) >= 11 is 0. The third-order valence-corrected chi connectivity index (χ3v) is 12.2. The van der Waals surface area contributed by atoms with Gasteiger partial charge in [0.05, 0.1) is 9.79 Å². The van der Waals surface area contributed by atoms with Crippen LogP contribution >= 0.6 is 0 Å². The van der Waals surface area contributed by atoms with Gasteiger partial charge in [0, 0.05) is 62.0 Å². The fourth-order valence-corrected chi connectivity index (χ4v) is 9.37. The van der Waals surface area contributed by atoms with Crippen LogP contribution in [0.4, 0.5) is 5.69 Å². The highest BCUT2D eigenvalue weighted by Crippen LogP contribution is 2.50. The molecule has 3 aromatic rings. The molecular weight excluding hydrogens is 556 g/mol. The van der Waals surface area contributed by atoms with Crippen LogP contribution in [0.2, 0.25) is 0 Å². The molecule has 1 N–H and O–H groups in total. The number of nitrogens with zero attached hydrogens (tertiary/aromatic N) is 3. The molecule has 1 aromatic heterocycles. The van der Waals surface area contributed by atoms with Gasteiger partial charge in [-0.15, -0.1) is 0 Å². The zero-order chi connectivity index (χ0) is 30.0. The Balaban J connectivity index is 1.04. The van der Waals surface area contributed by atoms with Gasteiger partial charge >= 0.3 is 0 Å². The Bertz CT molecular complexity index is 1490. The number of nitrogens with one attached hydrogen (secondary N) is 1. The molecule has 2 aliphatic heterocycles. The summed E-state index contributed by atoms with van der Waals surface area (Å²) in [5.74, 6) is 1.76. The van der Waals surface area contributed by atoms with Crippen LogP contribution < -0.4 is 10.2 Å². The molecule has 2 saturated heterocycles. The molecule has 3 heterocycles. The molecule has 1 aliphatic carbocycles. The number of hydrogen-bond donors (Lipinski definition) is 1. The predicted molar refractivity (Wildman–Crippen MR) is 170 cm³/mol. The standard InChI is InChI=1S/C35H44N4O3S/c1-26(40)37-34-10-6-9-33(34)35(2,28-7-4-3-5-8-28)29-17-21-38(22-18-29)23-27-24-39(25-27)30-11-13-31(14-12-30)43(41,42)32-15-19-36-20-16-32/h3-5,7-8,11-16,19-20,27,29,33-34H,6,9-10,17-18,21-25H2,1-2H3,(H,37,40)/t33-,34-,35?/m1/s1. The first kappa shape index (κ1) is 29.8. The van der Waals surface area contributed by atoms with E-state index in [9.17, 15) is 13.2 Å². The molecule has 0 radical (unpaired) electrons. The smallest absolute Gasteiger partial charge is 0.217 e. The second kappa shape index (κ2) is 12.4. The van der Waals surface area contributed by atoms with Crippen LogP contribution in [0.15, 0.2) is 88.9 Å². The lowest BCUT2D eigenvalue weighted by atomic mass is 9.59. The Morgan fingerprint density at radius 1 is 0.907 bits per heavy atom. The minimum Gasteiger partial charge on any atom is -0.371 e. The number of likely N-dealkylation sites (tertiary alicyclic amines) is 1. The van der Waals surface area contributed by atoms with Gasteiger partial charge in [0.25, 0.3) is 0 Å². The van der Waals surface area contributed by atoms with Crippen molar-refractivity contribution in [3.63, 3.8) is 0 Å². The van der Waals surface area contributed by atoms with Gasteiger partial charge in [0.15, 0.2) is 0 Å². The molecule has 3 fully saturated rings. The molecular formula is C35H44N4O3S. The van der Waals surface area contributed by atoms with E-state index in [-0.39, 0.29) is 22.3 Å². The number of anilines is 1. The Labute approximate surface area is 256 Å². The van der Waals surface area contributed by atoms with Crippen LogP contribution in [0.1, 0.15) is 51.5 Å². The van der Waals surface area contributed by atoms with Gasteiger partial charge in [-0.05, 0) is 92.6 Å². The molecule has 3 aliphatic rings. The third-order valence-electron chi connectivity index (χ3n) is 10.5. The van der Waals surface area contributed by atoms with Crippen molar-refractivity contribution in [2.45, 2.75) is 67.2 Å². The van der Waals surface area contributed by atoms with Crippen LogP contribution in [-0.2, 0) is 20.0 Å². The van der Waals surface area contributed by atoms with Gasteiger partial charge in [-0.3, -0.25) is 9.78 Å². The number of amides is 1. The van der Waals surface area contributed by atoms with E-state index >= 15 is 0 Å². The molecule has 0 spiro atoms. The van der Waals surface area contributed by atoms with Gasteiger partial charge in [-0.25, -0.2) is 8.42 Å². The summed E-state index contributed by atoms with van der Waals surface area (Å²) in [5, 5.41) is 3.31. The number of carbonyl (C=O) groups excluding carboxylic acids is 1. The highest BCUT2D eigenvalue weighted by atomic mass is 32.2. The Kier molecular flexibility index (Phi) is 8.60. The molecule has 2 aromatic carbocycles. The Morgan fingerprint density at radius 3 is 2.21 bits per heavy atom. The second-order valence-corrected chi connectivity index (χ2v) is 15.0. The second-order valence-electron chi connectivity index (χ2n) is 13.0. The zero-order valence-corrected chi connectivity index (χ0v) is 26.2. The number of rotatable bonds is 9.